The summed E-state index contributed by atoms with van der Waals surface area (Å²) in [5.74, 6) is -0.445. The molecule has 4 saturated heterocycles. The molecule has 290 valence electrons. The number of nitrogens with zero attached hydrogens (tertiary/aromatic N) is 8. The Balaban J connectivity index is 0.759. The third-order valence-corrected chi connectivity index (χ3v) is 12.8. The molecule has 2 atom stereocenters. The monoisotopic (exact) mass is 758 g/mol. The molecule has 0 bridgehead atoms. The van der Waals surface area contributed by atoms with Gasteiger partial charge in [0.25, 0.3) is 11.8 Å². The first-order valence-electron chi connectivity index (χ1n) is 19.8. The van der Waals surface area contributed by atoms with E-state index in [9.17, 15) is 29.5 Å². The first-order chi connectivity index (χ1) is 27.2. The van der Waals surface area contributed by atoms with Crippen molar-refractivity contribution in [2.45, 2.75) is 50.6 Å². The normalized spacial score (nSPS) is 24.2. The van der Waals surface area contributed by atoms with Gasteiger partial charge in [0.05, 0.1) is 40.0 Å². The largest absolute Gasteiger partial charge is 0.507 e. The number of nitriles is 1. The Hall–Kier alpha value is -5.59. The summed E-state index contributed by atoms with van der Waals surface area (Å²) in [7, 11) is 0. The predicted octanol–water partition coefficient (Wildman–Crippen LogP) is 2.69. The quantitative estimate of drug-likeness (QED) is 0.300. The van der Waals surface area contributed by atoms with Crippen LogP contribution in [0.5, 0.6) is 5.75 Å². The van der Waals surface area contributed by atoms with Crippen LogP contribution in [-0.2, 0) is 9.59 Å². The van der Waals surface area contributed by atoms with Crippen LogP contribution in [-0.4, -0.2) is 131 Å². The lowest BCUT2D eigenvalue weighted by molar-refractivity contribution is -0.136. The second-order valence-electron chi connectivity index (χ2n) is 16.2. The van der Waals surface area contributed by atoms with Gasteiger partial charge in [0.2, 0.25) is 11.8 Å². The number of hydrogen-bond acceptors (Lipinski definition) is 13. The van der Waals surface area contributed by atoms with Crippen molar-refractivity contribution in [1.82, 2.24) is 30.2 Å². The van der Waals surface area contributed by atoms with E-state index in [2.05, 4.69) is 46.5 Å². The molecular formula is C41H46N10O5. The van der Waals surface area contributed by atoms with E-state index in [1.807, 2.05) is 24.3 Å². The Morgan fingerprint density at radius 2 is 1.64 bits per heavy atom. The molecule has 6 aliphatic heterocycles. The molecule has 15 nitrogen and oxygen atoms in total. The number of anilines is 3. The van der Waals surface area contributed by atoms with Gasteiger partial charge in [0, 0.05) is 70.0 Å². The number of para-hydroxylation sites is 1. The number of nitrogens with one attached hydrogen (secondary N) is 2. The Bertz CT molecular complexity index is 2120. The van der Waals surface area contributed by atoms with E-state index in [4.69, 9.17) is 0 Å². The lowest BCUT2D eigenvalue weighted by Gasteiger charge is -2.47. The van der Waals surface area contributed by atoms with E-state index in [-0.39, 0.29) is 29.7 Å². The number of imide groups is 2. The van der Waals surface area contributed by atoms with Crippen LogP contribution in [0.25, 0.3) is 11.3 Å². The minimum Gasteiger partial charge on any atom is -0.507 e. The molecule has 0 spiro atoms. The third kappa shape index (κ3) is 6.60. The van der Waals surface area contributed by atoms with Crippen molar-refractivity contribution in [3.8, 4) is 23.1 Å². The molecule has 0 radical (unpaired) electrons. The summed E-state index contributed by atoms with van der Waals surface area (Å²) in [6, 6.07) is 16.5. The Kier molecular flexibility index (Phi) is 9.33. The number of hydrogen-bond donors (Lipinski definition) is 3. The highest BCUT2D eigenvalue weighted by atomic mass is 16.3. The lowest BCUT2D eigenvalue weighted by atomic mass is 9.78. The summed E-state index contributed by atoms with van der Waals surface area (Å²) in [6.07, 6.45) is 3.83. The highest BCUT2D eigenvalue weighted by molar-refractivity contribution is 6.23. The van der Waals surface area contributed by atoms with Gasteiger partial charge in [0.15, 0.2) is 5.82 Å². The van der Waals surface area contributed by atoms with Gasteiger partial charge in [-0.15, -0.1) is 10.2 Å². The summed E-state index contributed by atoms with van der Waals surface area (Å²) in [6.45, 7) is 8.78. The molecule has 2 aromatic carbocycles. The molecule has 3 aromatic rings. The summed E-state index contributed by atoms with van der Waals surface area (Å²) in [4.78, 5) is 61.4. The number of aromatic nitrogens is 2. The van der Waals surface area contributed by atoms with Crippen molar-refractivity contribution < 1.29 is 24.3 Å². The van der Waals surface area contributed by atoms with Crippen LogP contribution in [0, 0.1) is 22.7 Å². The summed E-state index contributed by atoms with van der Waals surface area (Å²) in [5.41, 5.74) is 3.30. The number of likely N-dealkylation sites (tertiary alicyclic amines) is 1. The second-order valence-corrected chi connectivity index (χ2v) is 16.2. The van der Waals surface area contributed by atoms with Crippen LogP contribution in [0.2, 0.25) is 0 Å². The Labute approximate surface area is 325 Å². The first kappa shape index (κ1) is 36.1. The molecule has 56 heavy (non-hydrogen) atoms. The minimum absolute atomic E-state index is 0.0796. The summed E-state index contributed by atoms with van der Waals surface area (Å²) >= 11 is 0. The Morgan fingerprint density at radius 3 is 2.41 bits per heavy atom. The average Bonchev–Trinajstić information content (AvgIpc) is 3.46. The number of aromatic hydroxyl groups is 1. The fraction of sp³-hybridized carbons (Fsp3) is 0.488. The third-order valence-electron chi connectivity index (χ3n) is 12.8. The van der Waals surface area contributed by atoms with E-state index < -0.39 is 35.1 Å². The van der Waals surface area contributed by atoms with Crippen LogP contribution in [0.4, 0.5) is 17.2 Å². The second kappa shape index (κ2) is 14.5. The molecule has 9 rings (SSSR count). The van der Waals surface area contributed by atoms with Gasteiger partial charge in [0.1, 0.15) is 11.8 Å². The zero-order valence-electron chi connectivity index (χ0n) is 31.3. The number of piperidine rings is 3. The van der Waals surface area contributed by atoms with Gasteiger partial charge in [-0.05, 0) is 87.5 Å². The number of phenolic OH excluding ortho intramolecular Hbond substituents is 1. The SMILES string of the molecule is N#CC1(CN2CCC(CN3CCN4c5cc(-c6ccccc6O)nnc5NC[C@H]4C3)CC2)CCN(c2ccc3c(c2)C(=O)N(C2CCC(=O)NC2=O)C3=O)CC1. The molecule has 1 unspecified atom stereocenters. The van der Waals surface area contributed by atoms with Gasteiger partial charge in [-0.25, -0.2) is 0 Å². The molecule has 6 aliphatic rings. The number of piperazine rings is 1. The van der Waals surface area contributed by atoms with Crippen LogP contribution in [0.3, 0.4) is 0 Å². The fourth-order valence-corrected chi connectivity index (χ4v) is 9.61. The van der Waals surface area contributed by atoms with E-state index in [0.717, 1.165) is 87.3 Å². The number of carbonyl (C=O) groups excluding carboxylic acids is 4. The highest BCUT2D eigenvalue weighted by Crippen LogP contribution is 2.39. The van der Waals surface area contributed by atoms with E-state index in [1.54, 1.807) is 24.3 Å². The zero-order chi connectivity index (χ0) is 38.6. The molecule has 0 aliphatic carbocycles. The topological polar surface area (TPSA) is 178 Å². The van der Waals surface area contributed by atoms with Crippen LogP contribution in [0.15, 0.2) is 48.5 Å². The van der Waals surface area contributed by atoms with E-state index >= 15 is 0 Å². The zero-order valence-corrected chi connectivity index (χ0v) is 31.3. The maximum Gasteiger partial charge on any atom is 0.262 e. The Morgan fingerprint density at radius 1 is 0.857 bits per heavy atom. The fourth-order valence-electron chi connectivity index (χ4n) is 9.61. The number of rotatable bonds is 7. The molecule has 4 amide bonds. The van der Waals surface area contributed by atoms with Crippen LogP contribution in [0.1, 0.15) is 59.2 Å². The maximum atomic E-state index is 13.4. The number of phenols is 1. The van der Waals surface area contributed by atoms with Gasteiger partial charge in [-0.1, -0.05) is 12.1 Å². The summed E-state index contributed by atoms with van der Waals surface area (Å²) in [5, 5.41) is 35.4. The minimum atomic E-state index is -0.993. The molecule has 4 fully saturated rings. The van der Waals surface area contributed by atoms with Crippen LogP contribution >= 0.6 is 0 Å². The van der Waals surface area contributed by atoms with Crippen molar-refractivity contribution in [2.75, 3.05) is 80.6 Å². The first-order valence-corrected chi connectivity index (χ1v) is 19.8. The number of fused-ring (bicyclic) bond motifs is 4. The average molecular weight is 759 g/mol. The predicted molar refractivity (Wildman–Crippen MR) is 207 cm³/mol. The standard InChI is InChI=1S/C41H46N10O5/c42-24-41(11-15-49(16-12-41)27-5-6-29-31(19-27)40(56)51(39(29)55)33-7-8-36(53)44-38(33)54)25-47-13-9-26(10-14-47)22-48-17-18-50-28(23-48)21-43-37-34(50)20-32(45-46-37)30-3-1-2-4-35(30)52/h1-6,19-20,26,28,33,52H,7-18,21-23,25H2,(H,43,46)(H,44,53,54)/t28-,33?/m0/s1. The molecule has 7 heterocycles. The van der Waals surface area contributed by atoms with Crippen LogP contribution < -0.4 is 20.4 Å². The molecule has 1 aromatic heterocycles. The van der Waals surface area contributed by atoms with E-state index in [1.165, 1.54) is 0 Å². The lowest BCUT2D eigenvalue weighted by Crippen LogP contribution is -2.58. The molecular weight excluding hydrogens is 713 g/mol. The molecule has 0 saturated carbocycles. The van der Waals surface area contributed by atoms with Crippen molar-refractivity contribution in [3.05, 3.63) is 59.7 Å². The van der Waals surface area contributed by atoms with Gasteiger partial charge < -0.3 is 25.1 Å². The number of benzene rings is 2. The van der Waals surface area contributed by atoms with Gasteiger partial charge >= 0.3 is 0 Å². The maximum absolute atomic E-state index is 13.4. The summed E-state index contributed by atoms with van der Waals surface area (Å²) < 4.78 is 0. The number of carbonyl (C=O) groups is 4. The molecule has 15 heteroatoms. The highest BCUT2D eigenvalue weighted by Gasteiger charge is 2.45. The van der Waals surface area contributed by atoms with Crippen molar-refractivity contribution in [2.24, 2.45) is 11.3 Å². The molecule has 3 N–H and O–H groups in total. The smallest absolute Gasteiger partial charge is 0.262 e. The van der Waals surface area contributed by atoms with Crippen molar-refractivity contribution >= 4 is 40.8 Å². The number of amides is 4. The van der Waals surface area contributed by atoms with Gasteiger partial charge in [-0.3, -0.25) is 34.3 Å². The van der Waals surface area contributed by atoms with Gasteiger partial charge in [-0.2, -0.15) is 5.26 Å². The van der Waals surface area contributed by atoms with Crippen molar-refractivity contribution in [1.29, 1.82) is 5.26 Å². The van der Waals surface area contributed by atoms with E-state index in [0.29, 0.717) is 49.1 Å². The van der Waals surface area contributed by atoms with Crippen molar-refractivity contribution in [3.63, 3.8) is 0 Å².